The molecule has 24 heavy (non-hydrogen) atoms. The van der Waals surface area contributed by atoms with Gasteiger partial charge in [-0.05, 0) is 25.7 Å². The number of hydrogen-bond donors (Lipinski definition) is 1. The first-order chi connectivity index (χ1) is 11.3. The molecule has 1 saturated heterocycles. The van der Waals surface area contributed by atoms with Crippen molar-refractivity contribution in [1.29, 1.82) is 0 Å². The Labute approximate surface area is 145 Å². The monoisotopic (exact) mass is 337 g/mol. The molecule has 5 nitrogen and oxygen atoms in total. The second-order valence-corrected chi connectivity index (χ2v) is 7.69. The number of amides is 1. The molecule has 2 rings (SSSR count). The van der Waals surface area contributed by atoms with Crippen LogP contribution in [0, 0.1) is 17.3 Å². The molecule has 1 heterocycles. The van der Waals surface area contributed by atoms with Crippen LogP contribution in [-0.2, 0) is 14.3 Å². The van der Waals surface area contributed by atoms with Gasteiger partial charge in [-0.1, -0.05) is 39.3 Å². The fourth-order valence-electron chi connectivity index (χ4n) is 4.85. The van der Waals surface area contributed by atoms with E-state index in [1.807, 2.05) is 26.8 Å². The van der Waals surface area contributed by atoms with Crippen LogP contribution in [0.25, 0.3) is 0 Å². The first-order valence-corrected chi connectivity index (χ1v) is 8.97. The van der Waals surface area contributed by atoms with Crippen molar-refractivity contribution in [2.75, 3.05) is 14.2 Å². The summed E-state index contributed by atoms with van der Waals surface area (Å²) >= 11 is 0. The van der Waals surface area contributed by atoms with Gasteiger partial charge in [0.1, 0.15) is 0 Å². The summed E-state index contributed by atoms with van der Waals surface area (Å²) in [6, 6.07) is 0. The number of hydrogen-bond acceptors (Lipinski definition) is 4. The minimum absolute atomic E-state index is 0.0777. The number of allylic oxidation sites excluding steroid dienone is 1. The normalized spacial score (nSPS) is 33.6. The second kappa shape index (κ2) is 6.87. The fraction of sp³-hybridized carbons (Fsp3) is 0.789. The number of nitrogens with zero attached hydrogens (tertiary/aromatic N) is 1. The molecule has 1 fully saturated rings. The van der Waals surface area contributed by atoms with Crippen molar-refractivity contribution < 1.29 is 19.4 Å². The zero-order valence-corrected chi connectivity index (χ0v) is 15.5. The first kappa shape index (κ1) is 19.0. The Balaban J connectivity index is 2.57. The van der Waals surface area contributed by atoms with Gasteiger partial charge in [-0.25, -0.2) is 4.79 Å². The summed E-state index contributed by atoms with van der Waals surface area (Å²) in [6.45, 7) is 5.87. The van der Waals surface area contributed by atoms with E-state index in [-0.39, 0.29) is 17.7 Å². The van der Waals surface area contributed by atoms with Crippen LogP contribution in [-0.4, -0.2) is 47.7 Å². The molecule has 0 aromatic heterocycles. The lowest BCUT2D eigenvalue weighted by atomic mass is 9.61. The summed E-state index contributed by atoms with van der Waals surface area (Å²) in [4.78, 5) is 27.3. The zero-order chi connectivity index (χ0) is 18.1. The largest absolute Gasteiger partial charge is 0.467 e. The zero-order valence-electron chi connectivity index (χ0n) is 15.5. The van der Waals surface area contributed by atoms with Crippen LogP contribution in [0.4, 0.5) is 0 Å². The Bertz CT molecular complexity index is 527. The predicted octanol–water partition coefficient (Wildman–Crippen LogP) is 2.53. The standard InChI is InChI=1S/C19H31NO4/c1-6-10-14-16(22)20(4)19(17(23)24-5,18(14,2)3)15(21)13-11-8-7-9-12-13/h8,11,13-15,21H,6-7,9-10,12H2,1-5H3/t13-,14+,15+,19-/m1/s1. The average Bonchev–Trinajstić information content (AvgIpc) is 2.73. The van der Waals surface area contributed by atoms with Crippen LogP contribution in [0.1, 0.15) is 52.9 Å². The molecule has 1 amide bonds. The third-order valence-corrected chi connectivity index (χ3v) is 6.21. The molecule has 0 aromatic carbocycles. The predicted molar refractivity (Wildman–Crippen MR) is 92.2 cm³/mol. The lowest BCUT2D eigenvalue weighted by Crippen LogP contribution is -2.67. The Hall–Kier alpha value is -1.36. The van der Waals surface area contributed by atoms with Crippen LogP contribution in [0.2, 0.25) is 0 Å². The number of likely N-dealkylation sites (N-methyl/N-ethyl adjacent to an activating group) is 1. The molecule has 5 heteroatoms. The van der Waals surface area contributed by atoms with Crippen molar-refractivity contribution in [2.45, 2.75) is 64.5 Å². The van der Waals surface area contributed by atoms with Crippen molar-refractivity contribution in [3.8, 4) is 0 Å². The van der Waals surface area contributed by atoms with E-state index >= 15 is 0 Å². The van der Waals surface area contributed by atoms with Crippen molar-refractivity contribution in [3.63, 3.8) is 0 Å². The highest BCUT2D eigenvalue weighted by molar-refractivity contribution is 5.95. The molecule has 0 spiro atoms. The Morgan fingerprint density at radius 2 is 2.17 bits per heavy atom. The summed E-state index contributed by atoms with van der Waals surface area (Å²) in [5.41, 5.74) is -2.07. The number of esters is 1. The summed E-state index contributed by atoms with van der Waals surface area (Å²) < 4.78 is 5.11. The van der Waals surface area contributed by atoms with Crippen LogP contribution in [0.5, 0.6) is 0 Å². The number of aliphatic hydroxyl groups is 1. The SMILES string of the molecule is CCC[C@H]1C(=O)N(C)[C@@](C(=O)OC)([C@@H](O)[C@@H]2C=CCCC2)C1(C)C. The Morgan fingerprint density at radius 1 is 1.50 bits per heavy atom. The minimum Gasteiger partial charge on any atom is -0.467 e. The number of rotatable bonds is 5. The molecular weight excluding hydrogens is 306 g/mol. The maximum absolute atomic E-state index is 12.9. The number of aliphatic hydroxyl groups excluding tert-OH is 1. The van der Waals surface area contributed by atoms with E-state index in [9.17, 15) is 14.7 Å². The summed E-state index contributed by atoms with van der Waals surface area (Å²) in [5, 5.41) is 11.3. The van der Waals surface area contributed by atoms with Crippen LogP contribution < -0.4 is 0 Å². The summed E-state index contributed by atoms with van der Waals surface area (Å²) in [7, 11) is 2.96. The van der Waals surface area contributed by atoms with Gasteiger partial charge in [-0.2, -0.15) is 0 Å². The summed E-state index contributed by atoms with van der Waals surface area (Å²) in [5.74, 6) is -1.04. The quantitative estimate of drug-likeness (QED) is 0.618. The van der Waals surface area contributed by atoms with Gasteiger partial charge in [0.05, 0.1) is 13.2 Å². The first-order valence-electron chi connectivity index (χ1n) is 8.97. The van der Waals surface area contributed by atoms with E-state index in [4.69, 9.17) is 4.74 Å². The lowest BCUT2D eigenvalue weighted by molar-refractivity contribution is -0.175. The average molecular weight is 337 g/mol. The van der Waals surface area contributed by atoms with E-state index in [2.05, 4.69) is 6.08 Å². The number of methoxy groups -OCH3 is 1. The van der Waals surface area contributed by atoms with Gasteiger partial charge in [0.15, 0.2) is 5.54 Å². The number of carbonyl (C=O) groups is 2. The second-order valence-electron chi connectivity index (χ2n) is 7.69. The van der Waals surface area contributed by atoms with Crippen LogP contribution in [0.3, 0.4) is 0 Å². The molecule has 0 saturated carbocycles. The molecule has 4 atom stereocenters. The molecule has 0 aromatic rings. The molecule has 0 bridgehead atoms. The van der Waals surface area contributed by atoms with Gasteiger partial charge in [0, 0.05) is 24.3 Å². The van der Waals surface area contributed by atoms with Crippen molar-refractivity contribution >= 4 is 11.9 Å². The van der Waals surface area contributed by atoms with Crippen LogP contribution >= 0.6 is 0 Å². The molecule has 0 radical (unpaired) electrons. The molecule has 136 valence electrons. The topological polar surface area (TPSA) is 66.8 Å². The number of carbonyl (C=O) groups excluding carboxylic acids is 2. The van der Waals surface area contributed by atoms with E-state index in [0.717, 1.165) is 25.7 Å². The van der Waals surface area contributed by atoms with E-state index < -0.39 is 23.0 Å². The van der Waals surface area contributed by atoms with Gasteiger partial charge in [-0.15, -0.1) is 0 Å². The number of likely N-dealkylation sites (tertiary alicyclic amines) is 1. The molecule has 1 aliphatic carbocycles. The van der Waals surface area contributed by atoms with E-state index in [0.29, 0.717) is 6.42 Å². The smallest absolute Gasteiger partial charge is 0.335 e. The summed E-state index contributed by atoms with van der Waals surface area (Å²) in [6.07, 6.45) is 7.39. The maximum atomic E-state index is 12.9. The molecule has 1 N–H and O–H groups in total. The van der Waals surface area contributed by atoms with Gasteiger partial charge in [-0.3, -0.25) is 4.79 Å². The van der Waals surface area contributed by atoms with Crippen LogP contribution in [0.15, 0.2) is 12.2 Å². The number of ether oxygens (including phenoxy) is 1. The van der Waals surface area contributed by atoms with Crippen molar-refractivity contribution in [2.24, 2.45) is 17.3 Å². The maximum Gasteiger partial charge on any atom is 0.335 e. The molecule has 0 unspecified atom stereocenters. The third-order valence-electron chi connectivity index (χ3n) is 6.21. The highest BCUT2D eigenvalue weighted by Gasteiger charge is 2.70. The van der Waals surface area contributed by atoms with Gasteiger partial charge in [0.2, 0.25) is 5.91 Å². The third kappa shape index (κ3) is 2.48. The highest BCUT2D eigenvalue weighted by atomic mass is 16.5. The molecular formula is C19H31NO4. The minimum atomic E-state index is -1.36. The van der Waals surface area contributed by atoms with Gasteiger partial charge in [0.25, 0.3) is 0 Å². The Kier molecular flexibility index (Phi) is 5.43. The fourth-order valence-corrected chi connectivity index (χ4v) is 4.85. The molecule has 2 aliphatic rings. The van der Waals surface area contributed by atoms with E-state index in [1.54, 1.807) is 7.05 Å². The van der Waals surface area contributed by atoms with E-state index in [1.165, 1.54) is 12.0 Å². The molecule has 1 aliphatic heterocycles. The van der Waals surface area contributed by atoms with Crippen molar-refractivity contribution in [3.05, 3.63) is 12.2 Å². The van der Waals surface area contributed by atoms with Gasteiger partial charge >= 0.3 is 5.97 Å². The van der Waals surface area contributed by atoms with Gasteiger partial charge < -0.3 is 14.7 Å². The lowest BCUT2D eigenvalue weighted by Gasteiger charge is -2.48. The Morgan fingerprint density at radius 3 is 2.67 bits per heavy atom. The highest BCUT2D eigenvalue weighted by Crippen LogP contribution is 2.54. The van der Waals surface area contributed by atoms with Crippen molar-refractivity contribution in [1.82, 2.24) is 4.90 Å².